The van der Waals surface area contributed by atoms with Gasteiger partial charge in [0.2, 0.25) is 0 Å². The van der Waals surface area contributed by atoms with Crippen LogP contribution in [0.4, 0.5) is 0 Å². The Hall–Kier alpha value is -2.25. The highest BCUT2D eigenvalue weighted by Crippen LogP contribution is 2.33. The van der Waals surface area contributed by atoms with Crippen LogP contribution in [-0.4, -0.2) is 33.7 Å². The minimum absolute atomic E-state index is 0.0806. The van der Waals surface area contributed by atoms with E-state index in [4.69, 9.17) is 9.94 Å². The van der Waals surface area contributed by atoms with Crippen LogP contribution in [0.5, 0.6) is 0 Å². The minimum Gasteiger partial charge on any atom is -0.461 e. The highest BCUT2D eigenvalue weighted by Gasteiger charge is 2.43. The monoisotopic (exact) mass is 373 g/mol. The first-order valence-electron chi connectivity index (χ1n) is 9.64. The first-order valence-corrected chi connectivity index (χ1v) is 9.64. The van der Waals surface area contributed by atoms with E-state index in [1.807, 2.05) is 12.1 Å². The predicted molar refractivity (Wildman–Crippen MR) is 99.6 cm³/mol. The molecule has 1 amide bonds. The number of amides is 1. The highest BCUT2D eigenvalue weighted by atomic mass is 16.5. The van der Waals surface area contributed by atoms with E-state index in [-0.39, 0.29) is 12.1 Å². The van der Waals surface area contributed by atoms with Crippen LogP contribution in [0.25, 0.3) is 6.08 Å². The average Bonchev–Trinajstić information content (AvgIpc) is 3.38. The summed E-state index contributed by atoms with van der Waals surface area (Å²) in [7, 11) is 0. The van der Waals surface area contributed by atoms with Crippen LogP contribution in [0.1, 0.15) is 62.6 Å². The van der Waals surface area contributed by atoms with Gasteiger partial charge in [0.05, 0.1) is 5.69 Å². The Bertz CT molecular complexity index is 675. The fourth-order valence-electron chi connectivity index (χ4n) is 3.81. The van der Waals surface area contributed by atoms with E-state index in [1.54, 1.807) is 12.3 Å². The Morgan fingerprint density at radius 2 is 1.96 bits per heavy atom. The minimum atomic E-state index is -0.595. The molecular weight excluding hydrogens is 346 g/mol. The Morgan fingerprint density at radius 1 is 1.22 bits per heavy atom. The standard InChI is InChI=1S/C20H27N3O4/c24-18(23-26)10-8-15-7-9-16(21-13-15)14-22-20(11-3-4-12-20)19(25)27-17-5-1-2-6-17/h7-10,13,17,22,26H,1-6,11-12,14H2,(H,23,24). The zero-order valence-corrected chi connectivity index (χ0v) is 15.4. The maximum atomic E-state index is 12.8. The van der Waals surface area contributed by atoms with E-state index in [1.165, 1.54) is 11.6 Å². The number of carbonyl (C=O) groups excluding carboxylic acids is 2. The van der Waals surface area contributed by atoms with Crippen molar-refractivity contribution in [3.05, 3.63) is 35.7 Å². The summed E-state index contributed by atoms with van der Waals surface area (Å²) in [4.78, 5) is 28.2. The second-order valence-electron chi connectivity index (χ2n) is 7.35. The van der Waals surface area contributed by atoms with Gasteiger partial charge in [-0.1, -0.05) is 18.9 Å². The molecule has 0 spiro atoms. The first-order chi connectivity index (χ1) is 13.1. The van der Waals surface area contributed by atoms with E-state index in [0.29, 0.717) is 6.54 Å². The summed E-state index contributed by atoms with van der Waals surface area (Å²) in [6.45, 7) is 0.487. The van der Waals surface area contributed by atoms with Crippen molar-refractivity contribution in [1.82, 2.24) is 15.8 Å². The molecule has 0 aliphatic heterocycles. The number of hydrogen-bond donors (Lipinski definition) is 3. The van der Waals surface area contributed by atoms with E-state index >= 15 is 0 Å². The average molecular weight is 373 g/mol. The smallest absolute Gasteiger partial charge is 0.326 e. The molecular formula is C20H27N3O4. The van der Waals surface area contributed by atoms with Crippen molar-refractivity contribution in [2.75, 3.05) is 0 Å². The van der Waals surface area contributed by atoms with E-state index < -0.39 is 11.4 Å². The SMILES string of the molecule is O=C(C=Cc1ccc(CNC2(C(=O)OC3CCCC3)CCCC2)nc1)NO. The zero-order chi connectivity index (χ0) is 19.1. The van der Waals surface area contributed by atoms with Gasteiger partial charge in [0.15, 0.2) is 0 Å². The van der Waals surface area contributed by atoms with Gasteiger partial charge in [0.25, 0.3) is 5.91 Å². The van der Waals surface area contributed by atoms with Gasteiger partial charge in [0.1, 0.15) is 11.6 Å². The van der Waals surface area contributed by atoms with Crippen LogP contribution >= 0.6 is 0 Å². The van der Waals surface area contributed by atoms with Crippen LogP contribution in [0.3, 0.4) is 0 Å². The number of hydroxylamine groups is 1. The number of nitrogens with zero attached hydrogens (tertiary/aromatic N) is 1. The van der Waals surface area contributed by atoms with Crippen LogP contribution in [0.15, 0.2) is 24.4 Å². The molecule has 0 aromatic carbocycles. The quantitative estimate of drug-likeness (QED) is 0.294. The van der Waals surface area contributed by atoms with E-state index in [0.717, 1.165) is 62.6 Å². The van der Waals surface area contributed by atoms with Gasteiger partial charge >= 0.3 is 5.97 Å². The Morgan fingerprint density at radius 3 is 2.59 bits per heavy atom. The maximum absolute atomic E-state index is 12.8. The topological polar surface area (TPSA) is 101 Å². The molecule has 0 atom stereocenters. The number of nitrogens with one attached hydrogen (secondary N) is 2. The van der Waals surface area contributed by atoms with Crippen molar-refractivity contribution in [3.63, 3.8) is 0 Å². The van der Waals surface area contributed by atoms with Crippen LogP contribution in [0.2, 0.25) is 0 Å². The van der Waals surface area contributed by atoms with E-state index in [2.05, 4.69) is 10.3 Å². The summed E-state index contributed by atoms with van der Waals surface area (Å²) in [5.74, 6) is -0.703. The lowest BCUT2D eigenvalue weighted by Gasteiger charge is -2.29. The molecule has 7 nitrogen and oxygen atoms in total. The van der Waals surface area contributed by atoms with Crippen molar-refractivity contribution >= 4 is 18.0 Å². The molecule has 2 fully saturated rings. The van der Waals surface area contributed by atoms with Crippen LogP contribution < -0.4 is 10.8 Å². The summed E-state index contributed by atoms with van der Waals surface area (Å²) in [5, 5.41) is 11.9. The molecule has 0 saturated heterocycles. The third kappa shape index (κ3) is 5.14. The van der Waals surface area contributed by atoms with Gasteiger partial charge in [0, 0.05) is 18.8 Å². The van der Waals surface area contributed by atoms with Gasteiger partial charge in [-0.2, -0.15) is 0 Å². The van der Waals surface area contributed by atoms with Crippen molar-refractivity contribution in [2.24, 2.45) is 0 Å². The van der Waals surface area contributed by atoms with Gasteiger partial charge in [-0.25, -0.2) is 5.48 Å². The molecule has 2 aliphatic rings. The molecule has 0 unspecified atom stereocenters. The van der Waals surface area contributed by atoms with Crippen molar-refractivity contribution in [3.8, 4) is 0 Å². The van der Waals surface area contributed by atoms with Crippen molar-refractivity contribution in [2.45, 2.75) is 69.6 Å². The molecule has 2 aliphatic carbocycles. The summed E-state index contributed by atoms with van der Waals surface area (Å²) < 4.78 is 5.78. The molecule has 1 aromatic heterocycles. The van der Waals surface area contributed by atoms with Crippen molar-refractivity contribution in [1.29, 1.82) is 0 Å². The second kappa shape index (κ2) is 9.10. The van der Waals surface area contributed by atoms with Gasteiger partial charge in [-0.15, -0.1) is 0 Å². The molecule has 27 heavy (non-hydrogen) atoms. The summed E-state index contributed by atoms with van der Waals surface area (Å²) >= 11 is 0. The molecule has 7 heteroatoms. The molecule has 146 valence electrons. The van der Waals surface area contributed by atoms with E-state index in [9.17, 15) is 9.59 Å². The predicted octanol–water partition coefficient (Wildman–Crippen LogP) is 2.49. The second-order valence-corrected chi connectivity index (χ2v) is 7.35. The summed E-state index contributed by atoms with van der Waals surface area (Å²) in [6, 6.07) is 3.69. The molecule has 0 radical (unpaired) electrons. The third-order valence-electron chi connectivity index (χ3n) is 5.42. The largest absolute Gasteiger partial charge is 0.461 e. The molecule has 3 N–H and O–H groups in total. The first kappa shape index (κ1) is 19.5. The number of rotatable bonds is 7. The normalized spacial score (nSPS) is 19.4. The Kier molecular flexibility index (Phi) is 6.58. The number of aromatic nitrogens is 1. The molecule has 1 heterocycles. The molecule has 2 saturated carbocycles. The summed E-state index contributed by atoms with van der Waals surface area (Å²) in [6.07, 6.45) is 12.4. The Balaban J connectivity index is 1.58. The van der Waals surface area contributed by atoms with Crippen molar-refractivity contribution < 1.29 is 19.5 Å². The van der Waals surface area contributed by atoms with Gasteiger partial charge in [-0.05, 0) is 56.2 Å². The van der Waals surface area contributed by atoms with Crippen LogP contribution in [0, 0.1) is 0 Å². The molecule has 0 bridgehead atoms. The number of esters is 1. The van der Waals surface area contributed by atoms with Gasteiger partial charge < -0.3 is 4.74 Å². The lowest BCUT2D eigenvalue weighted by atomic mass is 9.97. The third-order valence-corrected chi connectivity index (χ3v) is 5.42. The van der Waals surface area contributed by atoms with Crippen LogP contribution in [-0.2, 0) is 20.9 Å². The summed E-state index contributed by atoms with van der Waals surface area (Å²) in [5.41, 5.74) is 2.51. The lowest BCUT2D eigenvalue weighted by molar-refractivity contribution is -0.157. The molecule has 3 rings (SSSR count). The molecule has 1 aromatic rings. The lowest BCUT2D eigenvalue weighted by Crippen LogP contribution is -2.51. The fourth-order valence-corrected chi connectivity index (χ4v) is 3.81. The number of carbonyl (C=O) groups is 2. The Labute approximate surface area is 159 Å². The van der Waals surface area contributed by atoms with Gasteiger partial charge in [-0.3, -0.25) is 25.1 Å². The highest BCUT2D eigenvalue weighted by molar-refractivity contribution is 5.90. The number of hydrogen-bond acceptors (Lipinski definition) is 6. The fraction of sp³-hybridized carbons (Fsp3) is 0.550. The maximum Gasteiger partial charge on any atom is 0.326 e. The number of ether oxygens (including phenoxy) is 1. The zero-order valence-electron chi connectivity index (χ0n) is 15.4. The number of pyridine rings is 1.